The minimum Gasteiger partial charge on any atom is -0.381 e. The largest absolute Gasteiger partial charge is 0.381 e. The van der Waals surface area contributed by atoms with Gasteiger partial charge >= 0.3 is 5.69 Å². The van der Waals surface area contributed by atoms with Crippen molar-refractivity contribution in [1.82, 2.24) is 9.55 Å². The van der Waals surface area contributed by atoms with Crippen molar-refractivity contribution in [3.05, 3.63) is 45.1 Å². The van der Waals surface area contributed by atoms with Crippen LogP contribution in [0.3, 0.4) is 0 Å². The van der Waals surface area contributed by atoms with E-state index in [1.165, 1.54) is 0 Å². The van der Waals surface area contributed by atoms with Crippen LogP contribution in [0.5, 0.6) is 0 Å². The molecule has 5 nitrogen and oxygen atoms in total. The summed E-state index contributed by atoms with van der Waals surface area (Å²) in [7, 11) is 0. The molecule has 2 heterocycles. The summed E-state index contributed by atoms with van der Waals surface area (Å²) >= 11 is 0. The van der Waals surface area contributed by atoms with Gasteiger partial charge < -0.3 is 4.74 Å². The van der Waals surface area contributed by atoms with Gasteiger partial charge in [-0.1, -0.05) is 12.1 Å². The average molecular weight is 246 g/mol. The number of rotatable bonds is 1. The maximum atomic E-state index is 12.0. The maximum absolute atomic E-state index is 12.0. The third-order valence-electron chi connectivity index (χ3n) is 3.40. The van der Waals surface area contributed by atoms with E-state index in [9.17, 15) is 9.59 Å². The first-order chi connectivity index (χ1) is 8.77. The molecule has 1 aromatic heterocycles. The highest BCUT2D eigenvalue weighted by Crippen LogP contribution is 2.22. The number of hydrogen-bond donors (Lipinski definition) is 1. The van der Waals surface area contributed by atoms with Crippen LogP contribution in [0.4, 0.5) is 0 Å². The smallest absolute Gasteiger partial charge is 0.329 e. The van der Waals surface area contributed by atoms with E-state index in [1.54, 1.807) is 16.7 Å². The molecule has 0 bridgehead atoms. The Labute approximate surface area is 103 Å². The van der Waals surface area contributed by atoms with Crippen LogP contribution in [0, 0.1) is 0 Å². The van der Waals surface area contributed by atoms with Gasteiger partial charge in [0.05, 0.1) is 10.9 Å². The second kappa shape index (κ2) is 4.42. The predicted molar refractivity (Wildman–Crippen MR) is 67.9 cm³/mol. The summed E-state index contributed by atoms with van der Waals surface area (Å²) in [6.07, 6.45) is 1.60. The van der Waals surface area contributed by atoms with Crippen molar-refractivity contribution < 1.29 is 4.74 Å². The van der Waals surface area contributed by atoms with E-state index in [-0.39, 0.29) is 17.3 Å². The number of ether oxygens (including phenoxy) is 1. The van der Waals surface area contributed by atoms with Crippen LogP contribution in [0.15, 0.2) is 33.9 Å². The first-order valence-electron chi connectivity index (χ1n) is 6.08. The lowest BCUT2D eigenvalue weighted by atomic mass is 10.1. The Morgan fingerprint density at radius 1 is 1.17 bits per heavy atom. The van der Waals surface area contributed by atoms with Gasteiger partial charge in [-0.15, -0.1) is 0 Å². The summed E-state index contributed by atoms with van der Waals surface area (Å²) < 4.78 is 7.00. The molecule has 2 aromatic rings. The van der Waals surface area contributed by atoms with Crippen LogP contribution in [0.1, 0.15) is 18.9 Å². The van der Waals surface area contributed by atoms with Crippen molar-refractivity contribution >= 4 is 10.9 Å². The quantitative estimate of drug-likeness (QED) is 0.817. The summed E-state index contributed by atoms with van der Waals surface area (Å²) in [5.74, 6) is 0. The number of para-hydroxylation sites is 1. The fraction of sp³-hybridized carbons (Fsp3) is 0.385. The van der Waals surface area contributed by atoms with Gasteiger partial charge in [0.2, 0.25) is 0 Å². The Hall–Kier alpha value is -1.88. The molecule has 0 atom stereocenters. The predicted octanol–water partition coefficient (Wildman–Crippen LogP) is 1.04. The van der Waals surface area contributed by atoms with Crippen LogP contribution >= 0.6 is 0 Å². The van der Waals surface area contributed by atoms with Crippen molar-refractivity contribution in [1.29, 1.82) is 0 Å². The Bertz CT molecular complexity index is 680. The number of fused-ring (bicyclic) bond motifs is 1. The number of nitrogens with zero attached hydrogens (tertiary/aromatic N) is 1. The third kappa shape index (κ3) is 1.76. The molecule has 0 unspecified atom stereocenters. The Kier molecular flexibility index (Phi) is 2.76. The number of hydrogen-bond acceptors (Lipinski definition) is 3. The Morgan fingerprint density at radius 2 is 1.89 bits per heavy atom. The molecule has 18 heavy (non-hydrogen) atoms. The van der Waals surface area contributed by atoms with Crippen LogP contribution in [-0.2, 0) is 4.74 Å². The van der Waals surface area contributed by atoms with Crippen molar-refractivity contribution in [3.8, 4) is 0 Å². The fourth-order valence-electron chi connectivity index (χ4n) is 2.52. The third-order valence-corrected chi connectivity index (χ3v) is 3.40. The molecule has 1 fully saturated rings. The molecular formula is C13H14N2O3. The molecule has 1 aromatic carbocycles. The molecule has 1 saturated heterocycles. The monoisotopic (exact) mass is 246 g/mol. The standard InChI is InChI=1S/C13H14N2O3/c16-12-10-3-1-2-4-11(10)15(13(17)14-12)9-5-7-18-8-6-9/h1-4,9H,5-8H2,(H,14,16,17). The highest BCUT2D eigenvalue weighted by molar-refractivity contribution is 5.77. The molecule has 94 valence electrons. The second-order valence-electron chi connectivity index (χ2n) is 4.49. The highest BCUT2D eigenvalue weighted by atomic mass is 16.5. The average Bonchev–Trinajstić information content (AvgIpc) is 2.40. The molecule has 1 N–H and O–H groups in total. The lowest BCUT2D eigenvalue weighted by Crippen LogP contribution is -2.35. The topological polar surface area (TPSA) is 64.1 Å². The second-order valence-corrected chi connectivity index (χ2v) is 4.49. The zero-order valence-corrected chi connectivity index (χ0v) is 9.89. The number of aromatic nitrogens is 2. The van der Waals surface area contributed by atoms with Crippen LogP contribution in [-0.4, -0.2) is 22.8 Å². The summed E-state index contributed by atoms with van der Waals surface area (Å²) in [6, 6.07) is 7.31. The minimum atomic E-state index is -0.328. The molecule has 0 radical (unpaired) electrons. The minimum absolute atomic E-state index is 0.105. The maximum Gasteiger partial charge on any atom is 0.329 e. The van der Waals surface area contributed by atoms with Gasteiger partial charge in [0.25, 0.3) is 5.56 Å². The van der Waals surface area contributed by atoms with E-state index in [1.807, 2.05) is 12.1 Å². The lowest BCUT2D eigenvalue weighted by molar-refractivity contribution is 0.0695. The Balaban J connectivity index is 2.27. The van der Waals surface area contributed by atoms with Gasteiger partial charge in [0.1, 0.15) is 0 Å². The van der Waals surface area contributed by atoms with Gasteiger partial charge in [-0.25, -0.2) is 4.79 Å². The Morgan fingerprint density at radius 3 is 2.67 bits per heavy atom. The van der Waals surface area contributed by atoms with E-state index in [0.717, 1.165) is 12.8 Å². The SMILES string of the molecule is O=c1[nH]c(=O)n(C2CCOCC2)c2ccccc12. The van der Waals surface area contributed by atoms with E-state index in [4.69, 9.17) is 4.74 Å². The summed E-state index contributed by atoms with van der Waals surface area (Å²) in [5.41, 5.74) is 0.0580. The van der Waals surface area contributed by atoms with Crippen LogP contribution < -0.4 is 11.2 Å². The van der Waals surface area contributed by atoms with Crippen molar-refractivity contribution in [2.24, 2.45) is 0 Å². The van der Waals surface area contributed by atoms with E-state index < -0.39 is 0 Å². The molecule has 5 heteroatoms. The number of benzene rings is 1. The summed E-state index contributed by atoms with van der Waals surface area (Å²) in [6.45, 7) is 1.31. The molecule has 0 saturated carbocycles. The molecule has 0 aliphatic carbocycles. The van der Waals surface area contributed by atoms with Gasteiger partial charge in [-0.2, -0.15) is 0 Å². The molecule has 1 aliphatic rings. The van der Waals surface area contributed by atoms with E-state index in [0.29, 0.717) is 24.1 Å². The van der Waals surface area contributed by atoms with Gasteiger partial charge in [-0.3, -0.25) is 14.3 Å². The zero-order valence-electron chi connectivity index (χ0n) is 9.89. The molecule has 0 spiro atoms. The summed E-state index contributed by atoms with van der Waals surface area (Å²) in [4.78, 5) is 26.2. The number of nitrogens with one attached hydrogen (secondary N) is 1. The normalized spacial score (nSPS) is 17.1. The van der Waals surface area contributed by atoms with Gasteiger partial charge in [0.15, 0.2) is 0 Å². The number of aromatic amines is 1. The molecule has 3 rings (SSSR count). The molecular weight excluding hydrogens is 232 g/mol. The number of H-pyrrole nitrogens is 1. The fourth-order valence-corrected chi connectivity index (χ4v) is 2.52. The van der Waals surface area contributed by atoms with Crippen LogP contribution in [0.25, 0.3) is 10.9 Å². The first kappa shape index (κ1) is 11.2. The summed E-state index contributed by atoms with van der Waals surface area (Å²) in [5, 5.41) is 0.559. The molecule has 0 amide bonds. The van der Waals surface area contributed by atoms with E-state index >= 15 is 0 Å². The van der Waals surface area contributed by atoms with E-state index in [2.05, 4.69) is 4.98 Å². The van der Waals surface area contributed by atoms with Gasteiger partial charge in [0, 0.05) is 19.3 Å². The van der Waals surface area contributed by atoms with Crippen LogP contribution in [0.2, 0.25) is 0 Å². The van der Waals surface area contributed by atoms with Gasteiger partial charge in [-0.05, 0) is 25.0 Å². The van der Waals surface area contributed by atoms with Crippen molar-refractivity contribution in [2.45, 2.75) is 18.9 Å². The molecule has 1 aliphatic heterocycles. The lowest BCUT2D eigenvalue weighted by Gasteiger charge is -2.25. The van der Waals surface area contributed by atoms with Crippen molar-refractivity contribution in [2.75, 3.05) is 13.2 Å². The van der Waals surface area contributed by atoms with Crippen molar-refractivity contribution in [3.63, 3.8) is 0 Å². The first-order valence-corrected chi connectivity index (χ1v) is 6.08. The highest BCUT2D eigenvalue weighted by Gasteiger charge is 2.19. The zero-order chi connectivity index (χ0) is 12.5.